The van der Waals surface area contributed by atoms with E-state index >= 15 is 0 Å². The minimum absolute atomic E-state index is 0.0211. The number of benzene rings is 1. The molecule has 1 aromatic rings. The van der Waals surface area contributed by atoms with E-state index in [1.807, 2.05) is 0 Å². The first-order valence-corrected chi connectivity index (χ1v) is 5.67. The Labute approximate surface area is 111 Å². The zero-order valence-electron chi connectivity index (χ0n) is 11.3. The third kappa shape index (κ3) is 3.87. The predicted octanol–water partition coefficient (Wildman–Crippen LogP) is 2.75. The van der Waals surface area contributed by atoms with Crippen LogP contribution in [0.2, 0.25) is 0 Å². The van der Waals surface area contributed by atoms with Crippen LogP contribution in [0.25, 0.3) is 0 Å². The molecule has 6 heteroatoms. The van der Waals surface area contributed by atoms with Gasteiger partial charge in [-0.2, -0.15) is 0 Å². The first kappa shape index (κ1) is 14.8. The Kier molecular flexibility index (Phi) is 4.04. The van der Waals surface area contributed by atoms with Gasteiger partial charge in [-0.15, -0.1) is 0 Å². The molecule has 0 fully saturated rings. The number of nitrogens with one attached hydrogen (secondary N) is 1. The van der Waals surface area contributed by atoms with E-state index in [0.717, 1.165) is 0 Å². The van der Waals surface area contributed by atoms with E-state index in [1.165, 1.54) is 19.1 Å². The molecule has 19 heavy (non-hydrogen) atoms. The minimum atomic E-state index is -1.14. The lowest BCUT2D eigenvalue weighted by atomic mass is 10.1. The van der Waals surface area contributed by atoms with Crippen molar-refractivity contribution in [2.75, 3.05) is 5.32 Å². The Morgan fingerprint density at radius 3 is 2.32 bits per heavy atom. The van der Waals surface area contributed by atoms with Crippen LogP contribution in [-0.4, -0.2) is 27.9 Å². The molecule has 1 amide bonds. The molecule has 0 saturated carbocycles. The van der Waals surface area contributed by atoms with Crippen molar-refractivity contribution < 1.29 is 24.5 Å². The molecule has 0 aliphatic rings. The number of aromatic carboxylic acids is 1. The Morgan fingerprint density at radius 1 is 1.26 bits per heavy atom. The Bertz CT molecular complexity index is 517. The quantitative estimate of drug-likeness (QED) is 0.716. The summed E-state index contributed by atoms with van der Waals surface area (Å²) < 4.78 is 5.04. The molecule has 1 aromatic carbocycles. The molecule has 0 spiro atoms. The zero-order chi connectivity index (χ0) is 14.8. The van der Waals surface area contributed by atoms with Crippen LogP contribution in [0.3, 0.4) is 0 Å². The highest BCUT2D eigenvalue weighted by Crippen LogP contribution is 2.30. The molecular formula is C13H17NO5. The number of hydrogen-bond acceptors (Lipinski definition) is 4. The standard InChI is InChI=1S/C13H17NO5/c1-7-8(11(16)17)5-6-9(10(7)15)14-12(18)19-13(2,3)4/h5-6,15H,1-4H3,(H,14,18)(H,16,17). The number of aromatic hydroxyl groups is 1. The highest BCUT2D eigenvalue weighted by Gasteiger charge is 2.19. The highest BCUT2D eigenvalue weighted by atomic mass is 16.6. The normalized spacial score (nSPS) is 10.9. The SMILES string of the molecule is Cc1c(C(=O)O)ccc(NC(=O)OC(C)(C)C)c1O. The van der Waals surface area contributed by atoms with Gasteiger partial charge in [-0.05, 0) is 39.8 Å². The molecule has 0 radical (unpaired) electrons. The van der Waals surface area contributed by atoms with Gasteiger partial charge in [0, 0.05) is 5.56 Å². The number of carbonyl (C=O) groups is 2. The van der Waals surface area contributed by atoms with E-state index in [-0.39, 0.29) is 22.6 Å². The van der Waals surface area contributed by atoms with Crippen LogP contribution in [0, 0.1) is 6.92 Å². The first-order chi connectivity index (χ1) is 8.61. The lowest BCUT2D eigenvalue weighted by Crippen LogP contribution is -2.27. The van der Waals surface area contributed by atoms with Gasteiger partial charge in [0.1, 0.15) is 11.4 Å². The van der Waals surface area contributed by atoms with Crippen LogP contribution < -0.4 is 5.32 Å². The minimum Gasteiger partial charge on any atom is -0.505 e. The molecule has 1 rings (SSSR count). The molecule has 104 valence electrons. The second-order valence-corrected chi connectivity index (χ2v) is 5.07. The maximum atomic E-state index is 11.5. The van der Waals surface area contributed by atoms with Crippen LogP contribution in [0.1, 0.15) is 36.7 Å². The van der Waals surface area contributed by atoms with Crippen LogP contribution in [0.4, 0.5) is 10.5 Å². The summed E-state index contributed by atoms with van der Waals surface area (Å²) in [6.45, 7) is 6.60. The van der Waals surface area contributed by atoms with E-state index < -0.39 is 17.7 Å². The number of amides is 1. The van der Waals surface area contributed by atoms with Crippen molar-refractivity contribution in [1.29, 1.82) is 0 Å². The second kappa shape index (κ2) is 5.17. The molecule has 0 heterocycles. The van der Waals surface area contributed by atoms with Crippen LogP contribution in [-0.2, 0) is 4.74 Å². The summed E-state index contributed by atoms with van der Waals surface area (Å²) >= 11 is 0. The third-order valence-electron chi connectivity index (χ3n) is 2.30. The van der Waals surface area contributed by atoms with Gasteiger partial charge in [0.15, 0.2) is 0 Å². The van der Waals surface area contributed by atoms with E-state index in [2.05, 4.69) is 5.32 Å². The number of carboxylic acids is 1. The predicted molar refractivity (Wildman–Crippen MR) is 69.7 cm³/mol. The van der Waals surface area contributed by atoms with Gasteiger partial charge in [-0.25, -0.2) is 9.59 Å². The molecule has 0 aliphatic heterocycles. The van der Waals surface area contributed by atoms with Crippen LogP contribution in [0.5, 0.6) is 5.75 Å². The number of anilines is 1. The summed E-state index contributed by atoms with van der Waals surface area (Å²) in [5.41, 5.74) is -0.388. The van der Waals surface area contributed by atoms with E-state index in [0.29, 0.717) is 0 Å². The van der Waals surface area contributed by atoms with Gasteiger partial charge >= 0.3 is 12.1 Å². The lowest BCUT2D eigenvalue weighted by molar-refractivity contribution is 0.0634. The average Bonchev–Trinajstić information content (AvgIpc) is 2.21. The second-order valence-electron chi connectivity index (χ2n) is 5.07. The van der Waals surface area contributed by atoms with E-state index in [9.17, 15) is 14.7 Å². The topological polar surface area (TPSA) is 95.9 Å². The molecule has 6 nitrogen and oxygen atoms in total. The summed E-state index contributed by atoms with van der Waals surface area (Å²) in [6.07, 6.45) is -0.717. The maximum Gasteiger partial charge on any atom is 0.412 e. The fraction of sp³-hybridized carbons (Fsp3) is 0.385. The van der Waals surface area contributed by atoms with Gasteiger partial charge in [-0.1, -0.05) is 0 Å². The summed E-state index contributed by atoms with van der Waals surface area (Å²) in [7, 11) is 0. The monoisotopic (exact) mass is 267 g/mol. The van der Waals surface area contributed by atoms with Crippen LogP contribution in [0.15, 0.2) is 12.1 Å². The largest absolute Gasteiger partial charge is 0.505 e. The molecule has 0 aromatic heterocycles. The van der Waals surface area contributed by atoms with Crippen molar-refractivity contribution in [2.45, 2.75) is 33.3 Å². The van der Waals surface area contributed by atoms with Crippen molar-refractivity contribution in [3.8, 4) is 5.75 Å². The fourth-order valence-corrected chi connectivity index (χ4v) is 1.45. The fourth-order valence-electron chi connectivity index (χ4n) is 1.45. The summed E-state index contributed by atoms with van der Waals surface area (Å²) in [5, 5.41) is 21.1. The van der Waals surface area contributed by atoms with Gasteiger partial charge in [-0.3, -0.25) is 5.32 Å². The van der Waals surface area contributed by atoms with Crippen molar-refractivity contribution in [3.63, 3.8) is 0 Å². The molecule has 3 N–H and O–H groups in total. The smallest absolute Gasteiger partial charge is 0.412 e. The zero-order valence-corrected chi connectivity index (χ0v) is 11.3. The van der Waals surface area contributed by atoms with Crippen molar-refractivity contribution in [3.05, 3.63) is 23.3 Å². The van der Waals surface area contributed by atoms with Crippen molar-refractivity contribution >= 4 is 17.7 Å². The third-order valence-corrected chi connectivity index (χ3v) is 2.30. The lowest BCUT2D eigenvalue weighted by Gasteiger charge is -2.20. The van der Waals surface area contributed by atoms with E-state index in [4.69, 9.17) is 9.84 Å². The number of ether oxygens (including phenoxy) is 1. The van der Waals surface area contributed by atoms with Gasteiger partial charge in [0.05, 0.1) is 11.3 Å². The maximum absolute atomic E-state index is 11.5. The Balaban J connectivity index is 2.95. The van der Waals surface area contributed by atoms with Crippen molar-refractivity contribution in [2.24, 2.45) is 0 Å². The molecule has 0 saturated heterocycles. The summed E-state index contributed by atoms with van der Waals surface area (Å²) in [6, 6.07) is 2.62. The molecular weight excluding hydrogens is 250 g/mol. The molecule has 0 aliphatic carbocycles. The molecule has 0 atom stereocenters. The average molecular weight is 267 g/mol. The number of carbonyl (C=O) groups excluding carboxylic acids is 1. The van der Waals surface area contributed by atoms with Crippen LogP contribution >= 0.6 is 0 Å². The summed E-state index contributed by atoms with van der Waals surface area (Å²) in [5.74, 6) is -1.43. The Morgan fingerprint density at radius 2 is 1.84 bits per heavy atom. The van der Waals surface area contributed by atoms with E-state index in [1.54, 1.807) is 20.8 Å². The number of phenolic OH excluding ortho intramolecular Hbond substituents is 1. The number of phenols is 1. The first-order valence-electron chi connectivity index (χ1n) is 5.67. The molecule has 0 unspecified atom stereocenters. The summed E-state index contributed by atoms with van der Waals surface area (Å²) in [4.78, 5) is 22.4. The number of rotatable bonds is 2. The highest BCUT2D eigenvalue weighted by molar-refractivity contribution is 5.93. The van der Waals surface area contributed by atoms with Gasteiger partial charge < -0.3 is 14.9 Å². The number of hydrogen-bond donors (Lipinski definition) is 3. The van der Waals surface area contributed by atoms with Gasteiger partial charge in [0.25, 0.3) is 0 Å². The van der Waals surface area contributed by atoms with Crippen molar-refractivity contribution in [1.82, 2.24) is 0 Å². The number of carboxylic acid groups (broad SMARTS) is 1. The van der Waals surface area contributed by atoms with Gasteiger partial charge in [0.2, 0.25) is 0 Å². The Hall–Kier alpha value is -2.24. The molecule has 0 bridgehead atoms.